The summed E-state index contributed by atoms with van der Waals surface area (Å²) in [5.41, 5.74) is 0.0418. The maximum atomic E-state index is 4.75. The van der Waals surface area contributed by atoms with E-state index in [2.05, 4.69) is 49.2 Å². The lowest BCUT2D eigenvalue weighted by Crippen LogP contribution is -2.40. The average molecular weight is 282 g/mol. The van der Waals surface area contributed by atoms with Crippen LogP contribution in [0.25, 0.3) is 0 Å². The molecule has 1 saturated heterocycles. The van der Waals surface area contributed by atoms with E-state index < -0.39 is 0 Å². The van der Waals surface area contributed by atoms with Crippen LogP contribution in [0.1, 0.15) is 53.3 Å². The molecule has 0 saturated carbocycles. The van der Waals surface area contributed by atoms with Crippen LogP contribution in [-0.2, 0) is 5.41 Å². The van der Waals surface area contributed by atoms with Crippen LogP contribution in [0.3, 0.4) is 0 Å². The van der Waals surface area contributed by atoms with Crippen molar-refractivity contribution in [1.29, 1.82) is 0 Å². The quantitative estimate of drug-likeness (QED) is 0.922. The summed E-state index contributed by atoms with van der Waals surface area (Å²) in [6.45, 7) is 13.1. The molecule has 0 aliphatic carbocycles. The first-order valence-corrected chi connectivity index (χ1v) is 7.99. The normalized spacial score (nSPS) is 20.5. The summed E-state index contributed by atoms with van der Waals surface area (Å²) in [5, 5.41) is 4.63. The molecule has 1 unspecified atom stereocenters. The second-order valence-corrected chi connectivity index (χ2v) is 7.43. The first-order valence-electron chi connectivity index (χ1n) is 7.22. The Kier molecular flexibility index (Phi) is 4.46. The summed E-state index contributed by atoms with van der Waals surface area (Å²) < 4.78 is 4.53. The topological polar surface area (TPSA) is 41.0 Å². The molecule has 1 aromatic heterocycles. The SMILES string of the molecule is CC(C)NCC1CCCN1c1nc(C(C)(C)C)ns1. The van der Waals surface area contributed by atoms with Gasteiger partial charge in [-0.25, -0.2) is 4.98 Å². The highest BCUT2D eigenvalue weighted by Gasteiger charge is 2.29. The number of aromatic nitrogens is 2. The van der Waals surface area contributed by atoms with E-state index in [1.165, 1.54) is 12.8 Å². The van der Waals surface area contributed by atoms with E-state index in [1.807, 2.05) is 0 Å². The van der Waals surface area contributed by atoms with E-state index in [0.29, 0.717) is 12.1 Å². The van der Waals surface area contributed by atoms with E-state index in [0.717, 1.165) is 24.0 Å². The summed E-state index contributed by atoms with van der Waals surface area (Å²) >= 11 is 1.55. The van der Waals surface area contributed by atoms with Crippen molar-refractivity contribution < 1.29 is 0 Å². The lowest BCUT2D eigenvalue weighted by Gasteiger charge is -2.25. The summed E-state index contributed by atoms with van der Waals surface area (Å²) in [4.78, 5) is 7.18. The van der Waals surface area contributed by atoms with Gasteiger partial charge >= 0.3 is 0 Å². The van der Waals surface area contributed by atoms with Gasteiger partial charge in [0.1, 0.15) is 5.82 Å². The third kappa shape index (κ3) is 3.66. The Balaban J connectivity index is 2.05. The van der Waals surface area contributed by atoms with Gasteiger partial charge in [-0.2, -0.15) is 4.37 Å². The third-order valence-corrected chi connectivity index (χ3v) is 4.22. The van der Waals surface area contributed by atoms with Crippen molar-refractivity contribution in [3.63, 3.8) is 0 Å². The number of hydrogen-bond donors (Lipinski definition) is 1. The summed E-state index contributed by atoms with van der Waals surface area (Å²) in [7, 11) is 0. The fourth-order valence-electron chi connectivity index (χ4n) is 2.31. The molecule has 108 valence electrons. The van der Waals surface area contributed by atoms with Crippen molar-refractivity contribution in [3.8, 4) is 0 Å². The lowest BCUT2D eigenvalue weighted by atomic mass is 9.96. The van der Waals surface area contributed by atoms with Gasteiger partial charge in [0.05, 0.1) is 0 Å². The predicted molar refractivity (Wildman–Crippen MR) is 82.1 cm³/mol. The maximum absolute atomic E-state index is 4.75. The van der Waals surface area contributed by atoms with Gasteiger partial charge in [0.25, 0.3) is 0 Å². The molecule has 1 N–H and O–H groups in total. The zero-order chi connectivity index (χ0) is 14.0. The second kappa shape index (κ2) is 5.75. The molecule has 2 rings (SSSR count). The second-order valence-electron chi connectivity index (χ2n) is 6.70. The van der Waals surface area contributed by atoms with Gasteiger partial charge in [-0.05, 0) is 12.8 Å². The Bertz CT molecular complexity index is 408. The van der Waals surface area contributed by atoms with Crippen LogP contribution in [0, 0.1) is 0 Å². The van der Waals surface area contributed by atoms with E-state index >= 15 is 0 Å². The number of nitrogens with zero attached hydrogens (tertiary/aromatic N) is 3. The monoisotopic (exact) mass is 282 g/mol. The van der Waals surface area contributed by atoms with Gasteiger partial charge in [-0.15, -0.1) is 0 Å². The predicted octanol–water partition coefficient (Wildman–Crippen LogP) is 2.80. The van der Waals surface area contributed by atoms with E-state index in [4.69, 9.17) is 4.98 Å². The number of rotatable bonds is 4. The van der Waals surface area contributed by atoms with Crippen LogP contribution in [0.15, 0.2) is 0 Å². The largest absolute Gasteiger partial charge is 0.343 e. The maximum Gasteiger partial charge on any atom is 0.205 e. The van der Waals surface area contributed by atoms with Crippen LogP contribution >= 0.6 is 11.5 Å². The van der Waals surface area contributed by atoms with Crippen molar-refractivity contribution in [2.75, 3.05) is 18.0 Å². The first kappa shape index (κ1) is 14.7. The molecular weight excluding hydrogens is 256 g/mol. The van der Waals surface area contributed by atoms with Crippen molar-refractivity contribution in [1.82, 2.24) is 14.7 Å². The molecular formula is C14H26N4S. The average Bonchev–Trinajstić information content (AvgIpc) is 2.93. The number of nitrogens with one attached hydrogen (secondary N) is 1. The molecule has 4 nitrogen and oxygen atoms in total. The Labute approximate surface area is 120 Å². The van der Waals surface area contributed by atoms with Crippen LogP contribution < -0.4 is 10.2 Å². The number of anilines is 1. The van der Waals surface area contributed by atoms with Crippen LogP contribution in [0.4, 0.5) is 5.13 Å². The Morgan fingerprint density at radius 1 is 1.42 bits per heavy atom. The molecule has 2 heterocycles. The highest BCUT2D eigenvalue weighted by atomic mass is 32.1. The lowest BCUT2D eigenvalue weighted by molar-refractivity contribution is 0.521. The fraction of sp³-hybridized carbons (Fsp3) is 0.857. The fourth-order valence-corrected chi connectivity index (χ4v) is 3.26. The Hall–Kier alpha value is -0.680. The van der Waals surface area contributed by atoms with E-state index in [9.17, 15) is 0 Å². The molecule has 0 aromatic carbocycles. The van der Waals surface area contributed by atoms with Gasteiger partial charge in [0.2, 0.25) is 5.13 Å². The summed E-state index contributed by atoms with van der Waals surface area (Å²) in [6.07, 6.45) is 2.51. The van der Waals surface area contributed by atoms with Gasteiger partial charge in [0, 0.05) is 42.1 Å². The molecule has 19 heavy (non-hydrogen) atoms. The van der Waals surface area contributed by atoms with E-state index in [-0.39, 0.29) is 5.41 Å². The smallest absolute Gasteiger partial charge is 0.205 e. The minimum Gasteiger partial charge on any atom is -0.343 e. The molecule has 0 bridgehead atoms. The van der Waals surface area contributed by atoms with Gasteiger partial charge < -0.3 is 10.2 Å². The third-order valence-electron chi connectivity index (χ3n) is 3.47. The Morgan fingerprint density at radius 3 is 2.74 bits per heavy atom. The molecule has 1 fully saturated rings. The molecule has 1 aliphatic heterocycles. The van der Waals surface area contributed by atoms with Gasteiger partial charge in [-0.1, -0.05) is 34.6 Å². The molecule has 1 aliphatic rings. The van der Waals surface area contributed by atoms with Crippen LogP contribution in [0.2, 0.25) is 0 Å². The zero-order valence-electron chi connectivity index (χ0n) is 12.7. The molecule has 5 heteroatoms. The molecule has 0 spiro atoms. The van der Waals surface area contributed by atoms with E-state index in [1.54, 1.807) is 11.5 Å². The Morgan fingerprint density at radius 2 is 2.16 bits per heavy atom. The standard InChI is InChI=1S/C14H26N4S/c1-10(2)15-9-11-7-6-8-18(11)13-16-12(17-19-13)14(3,4)5/h10-11,15H,6-9H2,1-5H3. The molecule has 1 aromatic rings. The van der Waals surface area contributed by atoms with Gasteiger partial charge in [0.15, 0.2) is 0 Å². The van der Waals surface area contributed by atoms with Gasteiger partial charge in [-0.3, -0.25) is 0 Å². The zero-order valence-corrected chi connectivity index (χ0v) is 13.5. The summed E-state index contributed by atoms with van der Waals surface area (Å²) in [6, 6.07) is 1.12. The molecule has 0 amide bonds. The van der Waals surface area contributed by atoms with Crippen molar-refractivity contribution >= 4 is 16.7 Å². The molecule has 1 atom stereocenters. The number of hydrogen-bond acceptors (Lipinski definition) is 5. The highest BCUT2D eigenvalue weighted by molar-refractivity contribution is 7.09. The van der Waals surface area contributed by atoms with Crippen LogP contribution in [-0.4, -0.2) is 34.5 Å². The summed E-state index contributed by atoms with van der Waals surface area (Å²) in [5.74, 6) is 0.968. The van der Waals surface area contributed by atoms with Crippen molar-refractivity contribution in [3.05, 3.63) is 5.82 Å². The minimum atomic E-state index is 0.0418. The minimum absolute atomic E-state index is 0.0418. The first-order chi connectivity index (χ1) is 8.88. The van der Waals surface area contributed by atoms with Crippen molar-refractivity contribution in [2.45, 2.75) is 65.0 Å². The molecule has 0 radical (unpaired) electrons. The van der Waals surface area contributed by atoms with Crippen molar-refractivity contribution in [2.24, 2.45) is 0 Å². The van der Waals surface area contributed by atoms with Crippen LogP contribution in [0.5, 0.6) is 0 Å². The highest BCUT2D eigenvalue weighted by Crippen LogP contribution is 2.30.